The minimum Gasteiger partial charge on any atom is -0.469 e. The van der Waals surface area contributed by atoms with E-state index in [4.69, 9.17) is 0 Å². The normalized spacial score (nSPS) is 9.56. The summed E-state index contributed by atoms with van der Waals surface area (Å²) in [6.45, 7) is 7.57. The van der Waals surface area contributed by atoms with E-state index in [1.165, 1.54) is 7.11 Å². The van der Waals surface area contributed by atoms with Crippen molar-refractivity contribution in [3.63, 3.8) is 0 Å². The number of ether oxygens (including phenoxy) is 1. The number of carbonyl (C=O) groups is 1. The van der Waals surface area contributed by atoms with E-state index < -0.39 is 0 Å². The van der Waals surface area contributed by atoms with Crippen LogP contribution in [-0.4, -0.2) is 13.1 Å². The molecular formula is C14H16O2. The molecule has 1 aromatic rings. The summed E-state index contributed by atoms with van der Waals surface area (Å²) in [5.41, 5.74) is 3.03. The molecule has 16 heavy (non-hydrogen) atoms. The van der Waals surface area contributed by atoms with Crippen molar-refractivity contribution in [1.82, 2.24) is 0 Å². The van der Waals surface area contributed by atoms with E-state index in [9.17, 15) is 4.79 Å². The van der Waals surface area contributed by atoms with Gasteiger partial charge in [-0.05, 0) is 23.1 Å². The predicted molar refractivity (Wildman–Crippen MR) is 66.0 cm³/mol. The number of esters is 1. The highest BCUT2D eigenvalue weighted by atomic mass is 16.5. The van der Waals surface area contributed by atoms with E-state index >= 15 is 0 Å². The first kappa shape index (κ1) is 12.2. The van der Waals surface area contributed by atoms with Gasteiger partial charge in [-0.2, -0.15) is 0 Å². The smallest absolute Gasteiger partial charge is 0.305 e. The van der Waals surface area contributed by atoms with Gasteiger partial charge in [-0.3, -0.25) is 4.79 Å². The van der Waals surface area contributed by atoms with Crippen LogP contribution in [0.25, 0.3) is 5.57 Å². The first-order chi connectivity index (χ1) is 7.67. The zero-order chi connectivity index (χ0) is 12.0. The topological polar surface area (TPSA) is 26.3 Å². The third-order valence-electron chi connectivity index (χ3n) is 2.39. The summed E-state index contributed by atoms with van der Waals surface area (Å²) >= 11 is 0. The van der Waals surface area contributed by atoms with Gasteiger partial charge in [0.1, 0.15) is 0 Å². The number of hydrogen-bond acceptors (Lipinski definition) is 2. The first-order valence-electron chi connectivity index (χ1n) is 5.15. The average Bonchev–Trinajstić information content (AvgIpc) is 2.35. The highest BCUT2D eigenvalue weighted by Gasteiger charge is 2.02. The molecule has 0 amide bonds. The van der Waals surface area contributed by atoms with Crippen molar-refractivity contribution in [3.8, 4) is 0 Å². The minimum atomic E-state index is -0.187. The number of rotatable bonds is 5. The van der Waals surface area contributed by atoms with Gasteiger partial charge in [-0.25, -0.2) is 0 Å². The van der Waals surface area contributed by atoms with Crippen LogP contribution in [0.5, 0.6) is 0 Å². The van der Waals surface area contributed by atoms with Gasteiger partial charge in [0.05, 0.1) is 7.11 Å². The largest absolute Gasteiger partial charge is 0.469 e. The number of aryl methyl sites for hydroxylation is 1. The molecule has 84 valence electrons. The molecule has 0 N–H and O–H groups in total. The lowest BCUT2D eigenvalue weighted by atomic mass is 10.0. The molecule has 1 rings (SSSR count). The maximum absolute atomic E-state index is 11.0. The Bertz CT molecular complexity index is 405. The predicted octanol–water partition coefficient (Wildman–Crippen LogP) is 2.99. The van der Waals surface area contributed by atoms with E-state index in [1.54, 1.807) is 6.08 Å². The lowest BCUT2D eigenvalue weighted by molar-refractivity contribution is -0.140. The molecule has 2 nitrogen and oxygen atoms in total. The standard InChI is InChI=1S/C14H16O2/c1-4-11(2)13-7-5-6-12(10-13)8-9-14(15)16-3/h4-7,10H,1-2,8-9H2,3H3. The molecule has 0 saturated heterocycles. The Balaban J connectivity index is 2.71. The summed E-state index contributed by atoms with van der Waals surface area (Å²) in [5.74, 6) is -0.187. The van der Waals surface area contributed by atoms with Crippen molar-refractivity contribution >= 4 is 11.5 Å². The van der Waals surface area contributed by atoms with Crippen molar-refractivity contribution in [3.05, 3.63) is 54.6 Å². The van der Waals surface area contributed by atoms with Gasteiger partial charge in [-0.1, -0.05) is 43.5 Å². The van der Waals surface area contributed by atoms with Crippen molar-refractivity contribution in [2.75, 3.05) is 7.11 Å². The van der Waals surface area contributed by atoms with Gasteiger partial charge in [0.25, 0.3) is 0 Å². The number of benzene rings is 1. The van der Waals surface area contributed by atoms with E-state index in [2.05, 4.69) is 17.9 Å². The molecular weight excluding hydrogens is 200 g/mol. The van der Waals surface area contributed by atoms with E-state index in [-0.39, 0.29) is 5.97 Å². The molecule has 0 unspecified atom stereocenters. The van der Waals surface area contributed by atoms with Gasteiger partial charge in [0.15, 0.2) is 0 Å². The lowest BCUT2D eigenvalue weighted by Crippen LogP contribution is -2.01. The number of carbonyl (C=O) groups excluding carboxylic acids is 1. The molecule has 0 spiro atoms. The lowest BCUT2D eigenvalue weighted by Gasteiger charge is -2.04. The molecule has 0 radical (unpaired) electrons. The molecule has 0 fully saturated rings. The molecule has 0 saturated carbocycles. The Morgan fingerprint density at radius 3 is 2.88 bits per heavy atom. The number of hydrogen-bond donors (Lipinski definition) is 0. The third kappa shape index (κ3) is 3.39. The summed E-state index contributed by atoms with van der Waals surface area (Å²) in [6.07, 6.45) is 2.81. The SMILES string of the molecule is C=CC(=C)c1cccc(CCC(=O)OC)c1. The van der Waals surface area contributed by atoms with E-state index in [1.807, 2.05) is 24.3 Å². The monoisotopic (exact) mass is 216 g/mol. The first-order valence-corrected chi connectivity index (χ1v) is 5.15. The van der Waals surface area contributed by atoms with Crippen LogP contribution < -0.4 is 0 Å². The van der Waals surface area contributed by atoms with Gasteiger partial charge in [0.2, 0.25) is 0 Å². The number of allylic oxidation sites excluding steroid dienone is 2. The van der Waals surface area contributed by atoms with Crippen molar-refractivity contribution in [2.45, 2.75) is 12.8 Å². The summed E-state index contributed by atoms with van der Waals surface area (Å²) < 4.78 is 4.60. The summed E-state index contributed by atoms with van der Waals surface area (Å²) in [5, 5.41) is 0. The second-order valence-corrected chi connectivity index (χ2v) is 3.51. The zero-order valence-corrected chi connectivity index (χ0v) is 9.53. The van der Waals surface area contributed by atoms with Crippen LogP contribution >= 0.6 is 0 Å². The van der Waals surface area contributed by atoms with Crippen LogP contribution in [0.1, 0.15) is 17.5 Å². The van der Waals surface area contributed by atoms with Crippen LogP contribution in [0.2, 0.25) is 0 Å². The fourth-order valence-corrected chi connectivity index (χ4v) is 1.39. The maximum Gasteiger partial charge on any atom is 0.305 e. The van der Waals surface area contributed by atoms with Crippen LogP contribution in [0.4, 0.5) is 0 Å². The van der Waals surface area contributed by atoms with E-state index in [0.29, 0.717) is 12.8 Å². The van der Waals surface area contributed by atoms with Crippen LogP contribution in [-0.2, 0) is 16.0 Å². The molecule has 0 aliphatic carbocycles. The Kier molecular flexibility index (Phi) is 4.52. The Hall–Kier alpha value is -1.83. The van der Waals surface area contributed by atoms with Crippen molar-refractivity contribution < 1.29 is 9.53 Å². The molecule has 0 atom stereocenters. The average molecular weight is 216 g/mol. The van der Waals surface area contributed by atoms with Gasteiger partial charge in [-0.15, -0.1) is 0 Å². The Labute approximate surface area is 96.2 Å². The minimum absolute atomic E-state index is 0.187. The molecule has 1 aromatic carbocycles. The number of methoxy groups -OCH3 is 1. The second kappa shape index (κ2) is 5.91. The quantitative estimate of drug-likeness (QED) is 0.558. The Morgan fingerprint density at radius 1 is 1.50 bits per heavy atom. The molecule has 0 bridgehead atoms. The molecule has 0 aliphatic heterocycles. The van der Waals surface area contributed by atoms with Crippen LogP contribution in [0.3, 0.4) is 0 Å². The third-order valence-corrected chi connectivity index (χ3v) is 2.39. The van der Waals surface area contributed by atoms with Crippen LogP contribution in [0.15, 0.2) is 43.5 Å². The molecule has 0 aromatic heterocycles. The molecule has 0 heterocycles. The fourth-order valence-electron chi connectivity index (χ4n) is 1.39. The van der Waals surface area contributed by atoms with Crippen LogP contribution in [0, 0.1) is 0 Å². The van der Waals surface area contributed by atoms with Gasteiger partial charge >= 0.3 is 5.97 Å². The van der Waals surface area contributed by atoms with Gasteiger partial charge < -0.3 is 4.74 Å². The zero-order valence-electron chi connectivity index (χ0n) is 9.53. The fraction of sp³-hybridized carbons (Fsp3) is 0.214. The summed E-state index contributed by atoms with van der Waals surface area (Å²) in [4.78, 5) is 11.0. The van der Waals surface area contributed by atoms with E-state index in [0.717, 1.165) is 16.7 Å². The summed E-state index contributed by atoms with van der Waals surface area (Å²) in [6, 6.07) is 7.94. The molecule has 2 heteroatoms. The van der Waals surface area contributed by atoms with Gasteiger partial charge in [0, 0.05) is 6.42 Å². The Morgan fingerprint density at radius 2 is 2.25 bits per heavy atom. The second-order valence-electron chi connectivity index (χ2n) is 3.51. The maximum atomic E-state index is 11.0. The summed E-state index contributed by atoms with van der Waals surface area (Å²) in [7, 11) is 1.40. The highest BCUT2D eigenvalue weighted by Crippen LogP contribution is 2.15. The highest BCUT2D eigenvalue weighted by molar-refractivity contribution is 5.72. The van der Waals surface area contributed by atoms with Crippen molar-refractivity contribution in [2.24, 2.45) is 0 Å². The van der Waals surface area contributed by atoms with Crippen molar-refractivity contribution in [1.29, 1.82) is 0 Å². The molecule has 0 aliphatic rings.